The molecule has 0 aliphatic carbocycles. The van der Waals surface area contributed by atoms with E-state index in [1.165, 1.54) is 0 Å². The molecule has 0 radical (unpaired) electrons. The van der Waals surface area contributed by atoms with Gasteiger partial charge in [-0.2, -0.15) is 0 Å². The summed E-state index contributed by atoms with van der Waals surface area (Å²) in [6.07, 6.45) is 3.57. The van der Waals surface area contributed by atoms with E-state index in [4.69, 9.17) is 4.74 Å². The van der Waals surface area contributed by atoms with Crippen molar-refractivity contribution in [2.24, 2.45) is 0 Å². The van der Waals surface area contributed by atoms with E-state index >= 15 is 0 Å². The number of carbonyl (C=O) groups is 1. The van der Waals surface area contributed by atoms with Crippen LogP contribution in [0.4, 0.5) is 5.69 Å². The first kappa shape index (κ1) is 14.1. The molecule has 1 amide bonds. The normalized spacial score (nSPS) is 10.6. The molecule has 0 aliphatic rings. The maximum absolute atomic E-state index is 12.6. The fourth-order valence-electron chi connectivity index (χ4n) is 2.44. The van der Waals surface area contributed by atoms with Gasteiger partial charge in [0.1, 0.15) is 11.4 Å². The Morgan fingerprint density at radius 1 is 1.32 bits per heavy atom. The molecule has 0 saturated carbocycles. The van der Waals surface area contributed by atoms with Crippen LogP contribution in [0.2, 0.25) is 0 Å². The van der Waals surface area contributed by atoms with Crippen LogP contribution in [0.5, 0.6) is 5.75 Å². The minimum Gasteiger partial charge on any atom is -0.497 e. The summed E-state index contributed by atoms with van der Waals surface area (Å²) in [5.41, 5.74) is 2.14. The van der Waals surface area contributed by atoms with Crippen molar-refractivity contribution in [3.8, 4) is 5.75 Å². The average molecular weight is 295 g/mol. The second-order valence-electron chi connectivity index (χ2n) is 4.89. The number of rotatable bonds is 4. The first-order valence-corrected chi connectivity index (χ1v) is 7.12. The fraction of sp³-hybridized carbons (Fsp3) is 0.176. The highest BCUT2D eigenvalue weighted by Gasteiger charge is 2.15. The minimum absolute atomic E-state index is 0.154. The van der Waals surface area contributed by atoms with Crippen molar-refractivity contribution in [3.63, 3.8) is 0 Å². The third-order valence-electron chi connectivity index (χ3n) is 3.55. The number of amides is 1. The summed E-state index contributed by atoms with van der Waals surface area (Å²) in [5.74, 6) is 0.550. The van der Waals surface area contributed by atoms with E-state index in [0.717, 1.165) is 17.6 Å². The Morgan fingerprint density at radius 3 is 2.95 bits per heavy atom. The van der Waals surface area contributed by atoms with Crippen LogP contribution in [-0.4, -0.2) is 22.6 Å². The summed E-state index contributed by atoms with van der Waals surface area (Å²) >= 11 is 0. The molecule has 0 saturated heterocycles. The van der Waals surface area contributed by atoms with Gasteiger partial charge in [0.25, 0.3) is 5.91 Å². The number of fused-ring (bicyclic) bond motifs is 1. The number of methoxy groups -OCH3 is 1. The number of aromatic nitrogens is 2. The Morgan fingerprint density at radius 2 is 2.18 bits per heavy atom. The maximum atomic E-state index is 12.6. The lowest BCUT2D eigenvalue weighted by Gasteiger charge is -2.06. The van der Waals surface area contributed by atoms with Gasteiger partial charge in [-0.15, -0.1) is 0 Å². The lowest BCUT2D eigenvalue weighted by atomic mass is 10.2. The molecule has 5 nitrogen and oxygen atoms in total. The number of aryl methyl sites for hydroxylation is 1. The first-order chi connectivity index (χ1) is 10.7. The lowest BCUT2D eigenvalue weighted by Crippen LogP contribution is -2.11. The number of pyridine rings is 1. The Labute approximate surface area is 128 Å². The number of ether oxygens (including phenoxy) is 1. The zero-order valence-corrected chi connectivity index (χ0v) is 12.5. The van der Waals surface area contributed by atoms with E-state index < -0.39 is 0 Å². The fourth-order valence-corrected chi connectivity index (χ4v) is 2.44. The molecule has 3 rings (SSSR count). The second kappa shape index (κ2) is 5.89. The van der Waals surface area contributed by atoms with E-state index in [1.54, 1.807) is 19.4 Å². The van der Waals surface area contributed by atoms with Crippen molar-refractivity contribution in [2.45, 2.75) is 13.5 Å². The van der Waals surface area contributed by atoms with Crippen molar-refractivity contribution in [1.29, 1.82) is 0 Å². The van der Waals surface area contributed by atoms with Gasteiger partial charge in [0.15, 0.2) is 0 Å². The average Bonchev–Trinajstić information content (AvgIpc) is 2.94. The quantitative estimate of drug-likeness (QED) is 0.803. The van der Waals surface area contributed by atoms with Gasteiger partial charge < -0.3 is 14.6 Å². The van der Waals surface area contributed by atoms with Crippen LogP contribution in [0.25, 0.3) is 11.0 Å². The molecule has 0 aliphatic heterocycles. The Bertz CT molecular complexity index is 824. The largest absolute Gasteiger partial charge is 0.497 e. The van der Waals surface area contributed by atoms with Gasteiger partial charge in [-0.3, -0.25) is 4.79 Å². The van der Waals surface area contributed by atoms with Crippen LogP contribution in [-0.2, 0) is 6.54 Å². The number of anilines is 1. The van der Waals surface area contributed by atoms with E-state index in [9.17, 15) is 4.79 Å². The molecule has 5 heteroatoms. The zero-order valence-electron chi connectivity index (χ0n) is 12.5. The van der Waals surface area contributed by atoms with E-state index in [-0.39, 0.29) is 5.91 Å². The van der Waals surface area contributed by atoms with E-state index in [0.29, 0.717) is 17.0 Å². The number of nitrogens with zero attached hydrogens (tertiary/aromatic N) is 2. The van der Waals surface area contributed by atoms with Gasteiger partial charge in [-0.25, -0.2) is 4.98 Å². The standard InChI is InChI=1S/C17H17N3O2/c1-3-20-11-15(14-8-5-9-18-16(14)20)17(21)19-12-6-4-7-13(10-12)22-2/h4-11H,3H2,1-2H3,(H,19,21). The lowest BCUT2D eigenvalue weighted by molar-refractivity contribution is 0.102. The molecule has 2 aromatic heterocycles. The molecule has 2 heterocycles. The molecular weight excluding hydrogens is 278 g/mol. The number of hydrogen-bond donors (Lipinski definition) is 1. The predicted molar refractivity (Wildman–Crippen MR) is 86.4 cm³/mol. The van der Waals surface area contributed by atoms with Gasteiger partial charge in [-0.1, -0.05) is 6.07 Å². The molecule has 22 heavy (non-hydrogen) atoms. The van der Waals surface area contributed by atoms with Gasteiger partial charge in [0.2, 0.25) is 0 Å². The van der Waals surface area contributed by atoms with Gasteiger partial charge in [0, 0.05) is 36.1 Å². The molecule has 0 fully saturated rings. The molecule has 0 spiro atoms. The number of benzene rings is 1. The summed E-state index contributed by atoms with van der Waals surface area (Å²) < 4.78 is 7.14. The van der Waals surface area contributed by atoms with Crippen molar-refractivity contribution in [1.82, 2.24) is 9.55 Å². The highest BCUT2D eigenvalue weighted by Crippen LogP contribution is 2.22. The Kier molecular flexibility index (Phi) is 3.78. The highest BCUT2D eigenvalue weighted by atomic mass is 16.5. The van der Waals surface area contributed by atoms with Crippen LogP contribution in [0, 0.1) is 0 Å². The molecule has 0 bridgehead atoms. The third kappa shape index (κ3) is 2.53. The van der Waals surface area contributed by atoms with Gasteiger partial charge in [-0.05, 0) is 31.2 Å². The smallest absolute Gasteiger partial charge is 0.257 e. The van der Waals surface area contributed by atoms with Crippen LogP contribution < -0.4 is 10.1 Å². The number of hydrogen-bond acceptors (Lipinski definition) is 3. The van der Waals surface area contributed by atoms with Crippen molar-refractivity contribution in [2.75, 3.05) is 12.4 Å². The van der Waals surface area contributed by atoms with Crippen LogP contribution in [0.15, 0.2) is 48.8 Å². The van der Waals surface area contributed by atoms with E-state index in [2.05, 4.69) is 10.3 Å². The summed E-state index contributed by atoms with van der Waals surface area (Å²) in [6, 6.07) is 11.0. The molecule has 0 atom stereocenters. The van der Waals surface area contributed by atoms with Crippen LogP contribution in [0.3, 0.4) is 0 Å². The van der Waals surface area contributed by atoms with Crippen molar-refractivity contribution in [3.05, 3.63) is 54.4 Å². The maximum Gasteiger partial charge on any atom is 0.257 e. The summed E-state index contributed by atoms with van der Waals surface area (Å²) in [7, 11) is 1.60. The molecule has 3 aromatic rings. The van der Waals surface area contributed by atoms with Gasteiger partial charge >= 0.3 is 0 Å². The monoisotopic (exact) mass is 295 g/mol. The van der Waals surface area contributed by atoms with Crippen molar-refractivity contribution < 1.29 is 9.53 Å². The van der Waals surface area contributed by atoms with Crippen LogP contribution in [0.1, 0.15) is 17.3 Å². The Hall–Kier alpha value is -2.82. The Balaban J connectivity index is 1.95. The molecule has 1 aromatic carbocycles. The predicted octanol–water partition coefficient (Wildman–Crippen LogP) is 3.32. The minimum atomic E-state index is -0.154. The number of nitrogens with one attached hydrogen (secondary N) is 1. The molecule has 0 unspecified atom stereocenters. The second-order valence-corrected chi connectivity index (χ2v) is 4.89. The summed E-state index contributed by atoms with van der Waals surface area (Å²) in [4.78, 5) is 16.9. The number of carbonyl (C=O) groups excluding carboxylic acids is 1. The SMILES string of the molecule is CCn1cc(C(=O)Nc2cccc(OC)c2)c2cccnc21. The topological polar surface area (TPSA) is 56.2 Å². The third-order valence-corrected chi connectivity index (χ3v) is 3.55. The molecule has 1 N–H and O–H groups in total. The van der Waals surface area contributed by atoms with Gasteiger partial charge in [0.05, 0.1) is 12.7 Å². The van der Waals surface area contributed by atoms with Crippen molar-refractivity contribution >= 4 is 22.6 Å². The first-order valence-electron chi connectivity index (χ1n) is 7.12. The zero-order chi connectivity index (χ0) is 15.5. The highest BCUT2D eigenvalue weighted by molar-refractivity contribution is 6.12. The molecular formula is C17H17N3O2. The van der Waals surface area contributed by atoms with Crippen LogP contribution >= 0.6 is 0 Å². The summed E-state index contributed by atoms with van der Waals surface area (Å²) in [6.45, 7) is 2.79. The molecule has 112 valence electrons. The van der Waals surface area contributed by atoms with E-state index in [1.807, 2.05) is 48.0 Å². The summed E-state index contributed by atoms with van der Waals surface area (Å²) in [5, 5.41) is 3.75.